The van der Waals surface area contributed by atoms with Gasteiger partial charge in [-0.3, -0.25) is 9.59 Å². The van der Waals surface area contributed by atoms with Crippen LogP contribution in [0, 0.1) is 17.8 Å². The molecule has 0 heterocycles. The lowest BCUT2D eigenvalue weighted by Gasteiger charge is -2.26. The quantitative estimate of drug-likeness (QED) is 0.706. The third kappa shape index (κ3) is 5.03. The average molecular weight is 252 g/mol. The summed E-state index contributed by atoms with van der Waals surface area (Å²) < 4.78 is 0. The second kappa shape index (κ2) is 7.34. The van der Waals surface area contributed by atoms with Gasteiger partial charge < -0.3 is 5.11 Å². The number of carboxylic acid groups (broad SMARTS) is 1. The molecule has 18 heavy (non-hydrogen) atoms. The zero-order valence-electron chi connectivity index (χ0n) is 11.4. The zero-order chi connectivity index (χ0) is 13.5. The van der Waals surface area contributed by atoms with Crippen molar-refractivity contribution in [2.75, 3.05) is 0 Å². The highest BCUT2D eigenvalue weighted by atomic mass is 16.4. The molecule has 0 fully saturated rings. The Morgan fingerprint density at radius 2 is 2.17 bits per heavy atom. The van der Waals surface area contributed by atoms with Gasteiger partial charge in [0.05, 0.1) is 0 Å². The van der Waals surface area contributed by atoms with Crippen molar-refractivity contribution in [3.8, 4) is 0 Å². The standard InChI is InChI=1S/C15H24O3/c1-11-8-9-14(16)13(10-11)12(2)6-4-3-5-7-15(17)18/h8-9,11-13H,3-7,10H2,1-2H3,(H,17,18). The number of aliphatic carboxylic acids is 1. The highest BCUT2D eigenvalue weighted by Crippen LogP contribution is 2.29. The lowest BCUT2D eigenvalue weighted by Crippen LogP contribution is -2.25. The van der Waals surface area contributed by atoms with Crippen LogP contribution >= 0.6 is 0 Å². The summed E-state index contributed by atoms with van der Waals surface area (Å²) in [6.07, 6.45) is 8.70. The molecule has 102 valence electrons. The minimum absolute atomic E-state index is 0.171. The summed E-state index contributed by atoms with van der Waals surface area (Å²) in [6.45, 7) is 4.29. The monoisotopic (exact) mass is 252 g/mol. The van der Waals surface area contributed by atoms with E-state index in [0.717, 1.165) is 32.1 Å². The van der Waals surface area contributed by atoms with Crippen LogP contribution in [0.2, 0.25) is 0 Å². The smallest absolute Gasteiger partial charge is 0.303 e. The predicted octanol–water partition coefficient (Wildman–Crippen LogP) is 3.44. The normalized spacial score (nSPS) is 25.1. The van der Waals surface area contributed by atoms with E-state index in [-0.39, 0.29) is 18.1 Å². The number of unbranched alkanes of at least 4 members (excludes halogenated alkanes) is 2. The van der Waals surface area contributed by atoms with E-state index in [9.17, 15) is 9.59 Å². The van der Waals surface area contributed by atoms with E-state index in [1.165, 1.54) is 0 Å². The topological polar surface area (TPSA) is 54.4 Å². The molecule has 3 heteroatoms. The zero-order valence-corrected chi connectivity index (χ0v) is 11.4. The first-order valence-electron chi connectivity index (χ1n) is 6.94. The molecule has 3 atom stereocenters. The van der Waals surface area contributed by atoms with Crippen molar-refractivity contribution < 1.29 is 14.7 Å². The number of carbonyl (C=O) groups is 2. The first kappa shape index (κ1) is 14.9. The minimum atomic E-state index is -0.718. The molecule has 0 saturated carbocycles. The maximum absolute atomic E-state index is 11.8. The van der Waals surface area contributed by atoms with Gasteiger partial charge in [-0.05, 0) is 30.8 Å². The number of hydrogen-bond acceptors (Lipinski definition) is 2. The first-order chi connectivity index (χ1) is 8.50. The molecule has 0 bridgehead atoms. The Bertz CT molecular complexity index is 320. The number of allylic oxidation sites excluding steroid dienone is 2. The molecule has 1 rings (SSSR count). The van der Waals surface area contributed by atoms with Crippen LogP contribution in [0.3, 0.4) is 0 Å². The molecular formula is C15H24O3. The second-order valence-electron chi connectivity index (χ2n) is 5.55. The highest BCUT2D eigenvalue weighted by Gasteiger charge is 2.27. The summed E-state index contributed by atoms with van der Waals surface area (Å²) in [7, 11) is 0. The number of rotatable bonds is 7. The maximum atomic E-state index is 11.8. The summed E-state index contributed by atoms with van der Waals surface area (Å²) in [5.74, 6) is 0.636. The Kier molecular flexibility index (Phi) is 6.10. The third-order valence-electron chi connectivity index (χ3n) is 3.82. The van der Waals surface area contributed by atoms with Crippen molar-refractivity contribution in [1.82, 2.24) is 0 Å². The molecule has 0 saturated heterocycles. The van der Waals surface area contributed by atoms with Crippen molar-refractivity contribution in [1.29, 1.82) is 0 Å². The van der Waals surface area contributed by atoms with Gasteiger partial charge in [0.15, 0.2) is 5.78 Å². The van der Waals surface area contributed by atoms with E-state index in [1.807, 2.05) is 6.08 Å². The van der Waals surface area contributed by atoms with Gasteiger partial charge in [-0.2, -0.15) is 0 Å². The van der Waals surface area contributed by atoms with Crippen molar-refractivity contribution in [3.05, 3.63) is 12.2 Å². The van der Waals surface area contributed by atoms with Crippen LogP contribution in [-0.4, -0.2) is 16.9 Å². The number of ketones is 1. The molecular weight excluding hydrogens is 228 g/mol. The molecule has 0 aromatic rings. The molecule has 1 aliphatic rings. The number of hydrogen-bond donors (Lipinski definition) is 1. The van der Waals surface area contributed by atoms with Gasteiger partial charge in [0.25, 0.3) is 0 Å². The van der Waals surface area contributed by atoms with Gasteiger partial charge in [0.1, 0.15) is 0 Å². The van der Waals surface area contributed by atoms with E-state index >= 15 is 0 Å². The number of carbonyl (C=O) groups excluding carboxylic acids is 1. The van der Waals surface area contributed by atoms with Gasteiger partial charge in [0.2, 0.25) is 0 Å². The van der Waals surface area contributed by atoms with E-state index < -0.39 is 5.97 Å². The Balaban J connectivity index is 2.24. The van der Waals surface area contributed by atoms with Gasteiger partial charge in [-0.15, -0.1) is 0 Å². The molecule has 1 aliphatic carbocycles. The fourth-order valence-electron chi connectivity index (χ4n) is 2.61. The summed E-state index contributed by atoms with van der Waals surface area (Å²) in [5.41, 5.74) is 0. The van der Waals surface area contributed by atoms with Gasteiger partial charge >= 0.3 is 5.97 Å². The average Bonchev–Trinajstić information content (AvgIpc) is 2.31. The van der Waals surface area contributed by atoms with Crippen LogP contribution in [0.15, 0.2) is 12.2 Å². The van der Waals surface area contributed by atoms with Gasteiger partial charge in [-0.1, -0.05) is 39.2 Å². The lowest BCUT2D eigenvalue weighted by atomic mass is 9.77. The van der Waals surface area contributed by atoms with Crippen molar-refractivity contribution in [2.45, 2.75) is 52.4 Å². The van der Waals surface area contributed by atoms with Gasteiger partial charge in [0, 0.05) is 12.3 Å². The van der Waals surface area contributed by atoms with Gasteiger partial charge in [-0.25, -0.2) is 0 Å². The predicted molar refractivity (Wildman–Crippen MR) is 71.3 cm³/mol. The Morgan fingerprint density at radius 3 is 2.83 bits per heavy atom. The molecule has 0 aromatic carbocycles. The lowest BCUT2D eigenvalue weighted by molar-refractivity contribution is -0.137. The van der Waals surface area contributed by atoms with Crippen molar-refractivity contribution in [3.63, 3.8) is 0 Å². The van der Waals surface area contributed by atoms with Crippen LogP contribution in [0.1, 0.15) is 52.4 Å². The SMILES string of the molecule is CC1C=CC(=O)C(C(C)CCCCCC(=O)O)C1. The molecule has 0 spiro atoms. The molecule has 3 unspecified atom stereocenters. The van der Waals surface area contributed by atoms with Crippen LogP contribution in [0.4, 0.5) is 0 Å². The Labute approximate surface area is 109 Å². The Hall–Kier alpha value is -1.12. The van der Waals surface area contributed by atoms with Crippen LogP contribution in [0.5, 0.6) is 0 Å². The second-order valence-corrected chi connectivity index (χ2v) is 5.55. The number of carboxylic acids is 1. The van der Waals surface area contributed by atoms with E-state index in [4.69, 9.17) is 5.11 Å². The van der Waals surface area contributed by atoms with E-state index in [2.05, 4.69) is 13.8 Å². The fraction of sp³-hybridized carbons (Fsp3) is 0.733. The van der Waals surface area contributed by atoms with E-state index in [0.29, 0.717) is 11.8 Å². The molecule has 0 radical (unpaired) electrons. The van der Waals surface area contributed by atoms with E-state index in [1.54, 1.807) is 6.08 Å². The first-order valence-corrected chi connectivity index (χ1v) is 6.94. The summed E-state index contributed by atoms with van der Waals surface area (Å²) in [6, 6.07) is 0. The van der Waals surface area contributed by atoms with Crippen LogP contribution in [0.25, 0.3) is 0 Å². The molecule has 3 nitrogen and oxygen atoms in total. The van der Waals surface area contributed by atoms with Crippen LogP contribution in [-0.2, 0) is 9.59 Å². The fourth-order valence-corrected chi connectivity index (χ4v) is 2.61. The Morgan fingerprint density at radius 1 is 1.44 bits per heavy atom. The van der Waals surface area contributed by atoms with Crippen molar-refractivity contribution in [2.24, 2.45) is 17.8 Å². The molecule has 1 N–H and O–H groups in total. The minimum Gasteiger partial charge on any atom is -0.481 e. The third-order valence-corrected chi connectivity index (χ3v) is 3.82. The van der Waals surface area contributed by atoms with Crippen molar-refractivity contribution >= 4 is 11.8 Å². The molecule has 0 aliphatic heterocycles. The maximum Gasteiger partial charge on any atom is 0.303 e. The largest absolute Gasteiger partial charge is 0.481 e. The summed E-state index contributed by atoms with van der Waals surface area (Å²) in [5, 5.41) is 8.54. The summed E-state index contributed by atoms with van der Waals surface area (Å²) >= 11 is 0. The molecule has 0 aromatic heterocycles. The molecule has 0 amide bonds. The highest BCUT2D eigenvalue weighted by molar-refractivity contribution is 5.92. The van der Waals surface area contributed by atoms with Crippen LogP contribution < -0.4 is 0 Å². The summed E-state index contributed by atoms with van der Waals surface area (Å²) in [4.78, 5) is 22.2.